The molecular weight excluding hydrogens is 258 g/mol. The number of aromatic nitrogens is 1. The SMILES string of the molecule is O=C(O)/C(O)=C/c1ccc(OCC2CCCCC2)cn1. The Morgan fingerprint density at radius 3 is 2.65 bits per heavy atom. The van der Waals surface area contributed by atoms with Gasteiger partial charge in [0.1, 0.15) is 5.75 Å². The molecule has 2 rings (SSSR count). The Morgan fingerprint density at radius 1 is 1.30 bits per heavy atom. The molecule has 0 amide bonds. The molecule has 0 aromatic carbocycles. The first-order valence-electron chi connectivity index (χ1n) is 6.88. The highest BCUT2D eigenvalue weighted by Crippen LogP contribution is 2.24. The van der Waals surface area contributed by atoms with Gasteiger partial charge in [0.25, 0.3) is 0 Å². The van der Waals surface area contributed by atoms with E-state index in [0.29, 0.717) is 24.0 Å². The van der Waals surface area contributed by atoms with Crippen molar-refractivity contribution in [2.24, 2.45) is 5.92 Å². The molecule has 1 aromatic rings. The quantitative estimate of drug-likeness (QED) is 0.638. The van der Waals surface area contributed by atoms with Crippen LogP contribution in [0.4, 0.5) is 0 Å². The van der Waals surface area contributed by atoms with E-state index in [4.69, 9.17) is 14.9 Å². The predicted octanol–water partition coefficient (Wildman–Crippen LogP) is 3.02. The van der Waals surface area contributed by atoms with Gasteiger partial charge >= 0.3 is 5.97 Å². The molecule has 0 atom stereocenters. The van der Waals surface area contributed by atoms with Crippen LogP contribution in [0.2, 0.25) is 0 Å². The van der Waals surface area contributed by atoms with E-state index in [0.717, 1.165) is 6.08 Å². The molecule has 20 heavy (non-hydrogen) atoms. The molecule has 1 aliphatic carbocycles. The molecule has 0 unspecified atom stereocenters. The number of hydrogen-bond acceptors (Lipinski definition) is 4. The van der Waals surface area contributed by atoms with Crippen LogP contribution in [0.1, 0.15) is 37.8 Å². The highest BCUT2D eigenvalue weighted by molar-refractivity contribution is 5.88. The second kappa shape index (κ2) is 6.93. The molecule has 1 fully saturated rings. The zero-order valence-corrected chi connectivity index (χ0v) is 11.3. The van der Waals surface area contributed by atoms with Crippen molar-refractivity contribution < 1.29 is 19.7 Å². The number of rotatable bonds is 5. The summed E-state index contributed by atoms with van der Waals surface area (Å²) in [6, 6.07) is 3.35. The average Bonchev–Trinajstić information content (AvgIpc) is 2.47. The van der Waals surface area contributed by atoms with Crippen molar-refractivity contribution >= 4 is 12.0 Å². The van der Waals surface area contributed by atoms with Crippen LogP contribution in [0.15, 0.2) is 24.1 Å². The monoisotopic (exact) mass is 277 g/mol. The van der Waals surface area contributed by atoms with Crippen LogP contribution < -0.4 is 4.74 Å². The minimum Gasteiger partial charge on any atom is -0.502 e. The number of carboxylic acids is 1. The van der Waals surface area contributed by atoms with Crippen molar-refractivity contribution in [2.75, 3.05) is 6.61 Å². The molecule has 2 N–H and O–H groups in total. The van der Waals surface area contributed by atoms with Gasteiger partial charge in [0.2, 0.25) is 5.76 Å². The van der Waals surface area contributed by atoms with Gasteiger partial charge in [0.05, 0.1) is 18.5 Å². The summed E-state index contributed by atoms with van der Waals surface area (Å²) in [5.41, 5.74) is 0.384. The maximum absolute atomic E-state index is 10.5. The van der Waals surface area contributed by atoms with Gasteiger partial charge in [0.15, 0.2) is 0 Å². The lowest BCUT2D eigenvalue weighted by molar-refractivity contribution is -0.135. The molecule has 5 heteroatoms. The third kappa shape index (κ3) is 4.26. The standard InChI is InChI=1S/C15H19NO4/c17-14(15(18)19)8-12-6-7-13(9-16-12)20-10-11-4-2-1-3-5-11/h6-9,11,17H,1-5,10H2,(H,18,19)/b14-8-. The van der Waals surface area contributed by atoms with Crippen LogP contribution >= 0.6 is 0 Å². The normalized spacial score (nSPS) is 16.9. The molecule has 0 bridgehead atoms. The molecular formula is C15H19NO4. The minimum atomic E-state index is -1.37. The second-order valence-electron chi connectivity index (χ2n) is 5.07. The Balaban J connectivity index is 1.88. The Morgan fingerprint density at radius 2 is 2.05 bits per heavy atom. The summed E-state index contributed by atoms with van der Waals surface area (Å²) in [4.78, 5) is 14.5. The van der Waals surface area contributed by atoms with Crippen LogP contribution in [0.3, 0.4) is 0 Å². The number of nitrogens with zero attached hydrogens (tertiary/aromatic N) is 1. The van der Waals surface area contributed by atoms with E-state index in [1.54, 1.807) is 18.3 Å². The van der Waals surface area contributed by atoms with E-state index >= 15 is 0 Å². The molecule has 108 valence electrons. The van der Waals surface area contributed by atoms with E-state index in [-0.39, 0.29) is 0 Å². The summed E-state index contributed by atoms with van der Waals surface area (Å²) in [5, 5.41) is 17.7. The average molecular weight is 277 g/mol. The van der Waals surface area contributed by atoms with Crippen molar-refractivity contribution in [3.8, 4) is 5.75 Å². The third-order valence-corrected chi connectivity index (χ3v) is 3.47. The largest absolute Gasteiger partial charge is 0.502 e. The summed E-state index contributed by atoms with van der Waals surface area (Å²) in [6.07, 6.45) is 8.99. The van der Waals surface area contributed by atoms with Gasteiger partial charge in [-0.05, 0) is 30.9 Å². The minimum absolute atomic E-state index is 0.384. The summed E-state index contributed by atoms with van der Waals surface area (Å²) in [5.74, 6) is -0.806. The molecule has 0 spiro atoms. The van der Waals surface area contributed by atoms with Gasteiger partial charge < -0.3 is 14.9 Å². The first-order valence-corrected chi connectivity index (χ1v) is 6.88. The maximum Gasteiger partial charge on any atom is 0.371 e. The van der Waals surface area contributed by atoms with Crippen LogP contribution in [0.5, 0.6) is 5.75 Å². The van der Waals surface area contributed by atoms with Gasteiger partial charge in [-0.15, -0.1) is 0 Å². The number of pyridine rings is 1. The smallest absolute Gasteiger partial charge is 0.371 e. The van der Waals surface area contributed by atoms with Crippen molar-refractivity contribution in [3.05, 3.63) is 29.8 Å². The number of carbonyl (C=O) groups is 1. The molecule has 0 radical (unpaired) electrons. The molecule has 0 aliphatic heterocycles. The first-order chi connectivity index (χ1) is 9.65. The number of carboxylic acid groups (broad SMARTS) is 1. The van der Waals surface area contributed by atoms with E-state index in [1.807, 2.05) is 0 Å². The van der Waals surface area contributed by atoms with Crippen LogP contribution in [-0.4, -0.2) is 27.8 Å². The van der Waals surface area contributed by atoms with E-state index in [2.05, 4.69) is 4.98 Å². The van der Waals surface area contributed by atoms with Gasteiger partial charge in [-0.25, -0.2) is 4.79 Å². The van der Waals surface area contributed by atoms with Crippen molar-refractivity contribution in [3.63, 3.8) is 0 Å². The van der Waals surface area contributed by atoms with Crippen molar-refractivity contribution in [2.45, 2.75) is 32.1 Å². The molecule has 1 aromatic heterocycles. The molecule has 0 saturated heterocycles. The second-order valence-corrected chi connectivity index (χ2v) is 5.07. The number of aliphatic hydroxyl groups is 1. The Bertz CT molecular complexity index is 475. The first kappa shape index (κ1) is 14.4. The van der Waals surface area contributed by atoms with E-state index < -0.39 is 11.7 Å². The lowest BCUT2D eigenvalue weighted by atomic mass is 9.90. The van der Waals surface area contributed by atoms with Crippen molar-refractivity contribution in [1.29, 1.82) is 0 Å². The number of aliphatic carboxylic acids is 1. The number of ether oxygens (including phenoxy) is 1. The lowest BCUT2D eigenvalue weighted by Gasteiger charge is -2.21. The summed E-state index contributed by atoms with van der Waals surface area (Å²) >= 11 is 0. The Labute approximate surface area is 117 Å². The summed E-state index contributed by atoms with van der Waals surface area (Å²) in [6.45, 7) is 0.706. The Kier molecular flexibility index (Phi) is 4.98. The molecule has 1 heterocycles. The summed E-state index contributed by atoms with van der Waals surface area (Å²) in [7, 11) is 0. The molecule has 1 saturated carbocycles. The number of aliphatic hydroxyl groups excluding tert-OH is 1. The fourth-order valence-electron chi connectivity index (χ4n) is 2.33. The fraction of sp³-hybridized carbons (Fsp3) is 0.467. The fourth-order valence-corrected chi connectivity index (χ4v) is 2.33. The van der Waals surface area contributed by atoms with Crippen LogP contribution in [0.25, 0.3) is 6.08 Å². The van der Waals surface area contributed by atoms with Crippen LogP contribution in [-0.2, 0) is 4.79 Å². The third-order valence-electron chi connectivity index (χ3n) is 3.47. The van der Waals surface area contributed by atoms with E-state index in [9.17, 15) is 4.79 Å². The molecule has 5 nitrogen and oxygen atoms in total. The van der Waals surface area contributed by atoms with Crippen LogP contribution in [0, 0.1) is 5.92 Å². The van der Waals surface area contributed by atoms with Crippen molar-refractivity contribution in [1.82, 2.24) is 4.98 Å². The summed E-state index contributed by atoms with van der Waals surface area (Å²) < 4.78 is 5.69. The highest BCUT2D eigenvalue weighted by atomic mass is 16.5. The maximum atomic E-state index is 10.5. The zero-order valence-electron chi connectivity index (χ0n) is 11.3. The zero-order chi connectivity index (χ0) is 14.4. The number of hydrogen-bond donors (Lipinski definition) is 2. The molecule has 1 aliphatic rings. The predicted molar refractivity (Wildman–Crippen MR) is 74.5 cm³/mol. The van der Waals surface area contributed by atoms with Gasteiger partial charge in [-0.1, -0.05) is 19.3 Å². The lowest BCUT2D eigenvalue weighted by Crippen LogP contribution is -2.15. The van der Waals surface area contributed by atoms with E-state index in [1.165, 1.54) is 32.1 Å². The Hall–Kier alpha value is -2.04. The van der Waals surface area contributed by atoms with Gasteiger partial charge in [-0.2, -0.15) is 0 Å². The van der Waals surface area contributed by atoms with Gasteiger partial charge in [-0.3, -0.25) is 4.98 Å². The highest BCUT2D eigenvalue weighted by Gasteiger charge is 2.14. The topological polar surface area (TPSA) is 79.7 Å². The van der Waals surface area contributed by atoms with Gasteiger partial charge in [0, 0.05) is 6.08 Å².